The molecule has 0 saturated carbocycles. The van der Waals surface area contributed by atoms with Gasteiger partial charge in [0.2, 0.25) is 17.7 Å². The van der Waals surface area contributed by atoms with E-state index in [1.54, 1.807) is 13.1 Å². The summed E-state index contributed by atoms with van der Waals surface area (Å²) in [5.41, 5.74) is 7.88. The molecule has 2 aromatic carbocycles. The molecule has 10 heteroatoms. The summed E-state index contributed by atoms with van der Waals surface area (Å²) in [5.74, 6) is -3.16. The molecule has 3 aromatic rings. The zero-order valence-electron chi connectivity index (χ0n) is 21.6. The molecule has 0 bridgehead atoms. The fourth-order valence-electron chi connectivity index (χ4n) is 4.25. The van der Waals surface area contributed by atoms with Crippen molar-refractivity contribution in [1.82, 2.24) is 20.9 Å². The van der Waals surface area contributed by atoms with Crippen LogP contribution < -0.4 is 21.7 Å². The molecule has 4 unspecified atom stereocenters. The molecule has 0 radical (unpaired) electrons. The molecule has 4 atom stereocenters. The highest BCUT2D eigenvalue weighted by Crippen LogP contribution is 2.19. The molecule has 0 aliphatic heterocycles. The average Bonchev–Trinajstić information content (AvgIpc) is 3.33. The molecule has 1 aromatic heterocycles. The van der Waals surface area contributed by atoms with Crippen LogP contribution in [0, 0.1) is 5.92 Å². The first kappa shape index (κ1) is 28.4. The van der Waals surface area contributed by atoms with E-state index in [0.29, 0.717) is 6.42 Å². The standard InChI is InChI=1S/C28H35N5O5/c1-3-17(2)25(33-26(35)22(31-24(34)15-29)13-18-9-5-4-6-10-18)27(36)32-23(28(37)38)14-19-16-30-21-12-8-7-11-20(19)21/h4-12,16-17,22-23,25,30H,3,13-15,29H2,1-2H3,(H,31,34)(H,32,36)(H,33,35)(H,37,38). The van der Waals surface area contributed by atoms with E-state index in [-0.39, 0.29) is 25.3 Å². The van der Waals surface area contributed by atoms with E-state index >= 15 is 0 Å². The van der Waals surface area contributed by atoms with E-state index in [9.17, 15) is 24.3 Å². The van der Waals surface area contributed by atoms with Crippen LogP contribution in [0.1, 0.15) is 31.4 Å². The van der Waals surface area contributed by atoms with Gasteiger partial charge in [0.25, 0.3) is 0 Å². The number of amides is 3. The van der Waals surface area contributed by atoms with E-state index in [0.717, 1.165) is 22.0 Å². The minimum absolute atomic E-state index is 0.0649. The lowest BCUT2D eigenvalue weighted by Crippen LogP contribution is -2.58. The van der Waals surface area contributed by atoms with Gasteiger partial charge in [-0.15, -0.1) is 0 Å². The molecule has 7 N–H and O–H groups in total. The number of nitrogens with one attached hydrogen (secondary N) is 4. The molecule has 0 saturated heterocycles. The highest BCUT2D eigenvalue weighted by Gasteiger charge is 2.32. The molecule has 0 spiro atoms. The fourth-order valence-corrected chi connectivity index (χ4v) is 4.25. The summed E-state index contributed by atoms with van der Waals surface area (Å²) in [4.78, 5) is 53.8. The minimum atomic E-state index is -1.21. The number of aromatic amines is 1. The third kappa shape index (κ3) is 7.42. The number of hydrogen-bond donors (Lipinski definition) is 6. The number of rotatable bonds is 13. The number of carbonyl (C=O) groups is 4. The summed E-state index contributed by atoms with van der Waals surface area (Å²) in [7, 11) is 0. The number of fused-ring (bicyclic) bond motifs is 1. The van der Waals surface area contributed by atoms with Gasteiger partial charge in [0.15, 0.2) is 0 Å². The summed E-state index contributed by atoms with van der Waals surface area (Å²) in [5, 5.41) is 18.7. The molecule has 0 fully saturated rings. The molecular weight excluding hydrogens is 486 g/mol. The number of carbonyl (C=O) groups excluding carboxylic acids is 3. The Balaban J connectivity index is 1.77. The lowest BCUT2D eigenvalue weighted by atomic mass is 9.96. The number of H-pyrrole nitrogens is 1. The molecule has 1 heterocycles. The first-order chi connectivity index (χ1) is 18.2. The average molecular weight is 522 g/mol. The van der Waals surface area contributed by atoms with Crippen LogP contribution in [-0.4, -0.2) is 58.5 Å². The van der Waals surface area contributed by atoms with Crippen molar-refractivity contribution in [2.24, 2.45) is 11.7 Å². The number of hydrogen-bond acceptors (Lipinski definition) is 5. The van der Waals surface area contributed by atoms with E-state index in [1.165, 1.54) is 0 Å². The molecular formula is C28H35N5O5. The van der Waals surface area contributed by atoms with Gasteiger partial charge in [0.1, 0.15) is 18.1 Å². The molecule has 0 aliphatic carbocycles. The third-order valence-corrected chi connectivity index (χ3v) is 6.63. The predicted octanol–water partition coefficient (Wildman–Crippen LogP) is 1.50. The van der Waals surface area contributed by atoms with Crippen LogP contribution in [0.25, 0.3) is 10.9 Å². The van der Waals surface area contributed by atoms with Gasteiger partial charge in [-0.05, 0) is 23.1 Å². The quantitative estimate of drug-likeness (QED) is 0.199. The smallest absolute Gasteiger partial charge is 0.326 e. The first-order valence-corrected chi connectivity index (χ1v) is 12.6. The van der Waals surface area contributed by atoms with E-state index in [2.05, 4.69) is 20.9 Å². The maximum absolute atomic E-state index is 13.3. The number of nitrogens with two attached hydrogens (primary N) is 1. The minimum Gasteiger partial charge on any atom is -0.480 e. The Morgan fingerprint density at radius 2 is 1.58 bits per heavy atom. The van der Waals surface area contributed by atoms with E-state index in [1.807, 2.05) is 61.5 Å². The van der Waals surface area contributed by atoms with Gasteiger partial charge in [0, 0.05) is 29.9 Å². The van der Waals surface area contributed by atoms with Gasteiger partial charge in [0.05, 0.1) is 6.54 Å². The Labute approximate surface area is 221 Å². The van der Waals surface area contributed by atoms with Gasteiger partial charge in [-0.25, -0.2) is 4.79 Å². The van der Waals surface area contributed by atoms with Crippen LogP contribution in [0.3, 0.4) is 0 Å². The molecule has 0 aliphatic rings. The molecule has 10 nitrogen and oxygen atoms in total. The highest BCUT2D eigenvalue weighted by molar-refractivity contribution is 5.94. The predicted molar refractivity (Wildman–Crippen MR) is 144 cm³/mol. The summed E-state index contributed by atoms with van der Waals surface area (Å²) in [6, 6.07) is 13.5. The maximum Gasteiger partial charge on any atom is 0.326 e. The van der Waals surface area contributed by atoms with Crippen molar-refractivity contribution >= 4 is 34.6 Å². The van der Waals surface area contributed by atoms with Crippen LogP contribution in [0.15, 0.2) is 60.8 Å². The van der Waals surface area contributed by atoms with Crippen molar-refractivity contribution in [2.45, 2.75) is 51.2 Å². The summed E-state index contributed by atoms with van der Waals surface area (Å²) < 4.78 is 0. The van der Waals surface area contributed by atoms with Gasteiger partial charge >= 0.3 is 5.97 Å². The second kappa shape index (κ2) is 13.4. The van der Waals surface area contributed by atoms with Crippen LogP contribution in [0.2, 0.25) is 0 Å². The summed E-state index contributed by atoms with van der Waals surface area (Å²) in [6.45, 7) is 3.38. The lowest BCUT2D eigenvalue weighted by molar-refractivity contribution is -0.142. The number of para-hydroxylation sites is 1. The summed E-state index contributed by atoms with van der Waals surface area (Å²) in [6.07, 6.45) is 2.55. The van der Waals surface area contributed by atoms with Crippen molar-refractivity contribution in [3.8, 4) is 0 Å². The van der Waals surface area contributed by atoms with Crippen LogP contribution in [0.4, 0.5) is 0 Å². The molecule has 3 amide bonds. The Hall–Kier alpha value is -4.18. The Bertz CT molecular complexity index is 1260. The maximum atomic E-state index is 13.3. The number of carboxylic acid groups (broad SMARTS) is 1. The molecule has 202 valence electrons. The lowest BCUT2D eigenvalue weighted by Gasteiger charge is -2.27. The molecule has 38 heavy (non-hydrogen) atoms. The first-order valence-electron chi connectivity index (χ1n) is 12.6. The van der Waals surface area contributed by atoms with Gasteiger partial charge in [-0.2, -0.15) is 0 Å². The zero-order valence-corrected chi connectivity index (χ0v) is 21.6. The van der Waals surface area contributed by atoms with Crippen molar-refractivity contribution in [1.29, 1.82) is 0 Å². The Kier molecular flexibility index (Phi) is 10.0. The van der Waals surface area contributed by atoms with Crippen molar-refractivity contribution in [2.75, 3.05) is 6.54 Å². The highest BCUT2D eigenvalue weighted by atomic mass is 16.4. The number of aliphatic carboxylic acids is 1. The fraction of sp³-hybridized carbons (Fsp3) is 0.357. The van der Waals surface area contributed by atoms with Gasteiger partial charge < -0.3 is 31.8 Å². The van der Waals surface area contributed by atoms with Crippen LogP contribution in [0.5, 0.6) is 0 Å². The largest absolute Gasteiger partial charge is 0.480 e. The topological polar surface area (TPSA) is 166 Å². The van der Waals surface area contributed by atoms with Crippen LogP contribution >= 0.6 is 0 Å². The monoisotopic (exact) mass is 521 g/mol. The normalized spacial score (nSPS) is 14.2. The SMILES string of the molecule is CCC(C)C(NC(=O)C(Cc1ccccc1)NC(=O)CN)C(=O)NC(Cc1c[nH]c2ccccc12)C(=O)O. The van der Waals surface area contributed by atoms with Crippen molar-refractivity contribution in [3.63, 3.8) is 0 Å². The second-order valence-corrected chi connectivity index (χ2v) is 9.35. The van der Waals surface area contributed by atoms with Gasteiger partial charge in [-0.1, -0.05) is 68.8 Å². The number of carboxylic acids is 1. The number of aromatic nitrogens is 1. The number of benzene rings is 2. The van der Waals surface area contributed by atoms with Crippen molar-refractivity contribution < 1.29 is 24.3 Å². The zero-order chi connectivity index (χ0) is 27.7. The van der Waals surface area contributed by atoms with Gasteiger partial charge in [-0.3, -0.25) is 14.4 Å². The van der Waals surface area contributed by atoms with E-state index in [4.69, 9.17) is 5.73 Å². The second-order valence-electron chi connectivity index (χ2n) is 9.35. The molecule has 3 rings (SSSR count). The third-order valence-electron chi connectivity index (χ3n) is 6.63. The van der Waals surface area contributed by atoms with Crippen LogP contribution in [-0.2, 0) is 32.0 Å². The Morgan fingerprint density at radius 3 is 2.24 bits per heavy atom. The Morgan fingerprint density at radius 1 is 0.895 bits per heavy atom. The van der Waals surface area contributed by atoms with E-state index < -0.39 is 41.8 Å². The summed E-state index contributed by atoms with van der Waals surface area (Å²) >= 11 is 0. The van der Waals surface area contributed by atoms with Crippen molar-refractivity contribution in [3.05, 3.63) is 71.9 Å².